The molecule has 14 heavy (non-hydrogen) atoms. The van der Waals surface area contributed by atoms with Crippen LogP contribution in [0, 0.1) is 0 Å². The molecule has 2 N–H and O–H groups in total. The molecule has 78 valence electrons. The summed E-state index contributed by atoms with van der Waals surface area (Å²) < 4.78 is 0. The molecule has 1 unspecified atom stereocenters. The molecule has 0 aliphatic rings. The number of hydrogen-bond acceptors (Lipinski definition) is 3. The monoisotopic (exact) mass is 194 g/mol. The van der Waals surface area contributed by atoms with E-state index >= 15 is 0 Å². The SMILES string of the molecule is CNC(C)c1ccc(N(C)C)cc1O. The Morgan fingerprint density at radius 2 is 2.00 bits per heavy atom. The van der Waals surface area contributed by atoms with E-state index in [1.807, 2.05) is 45.1 Å². The van der Waals surface area contributed by atoms with Crippen molar-refractivity contribution in [3.05, 3.63) is 23.8 Å². The van der Waals surface area contributed by atoms with E-state index in [-0.39, 0.29) is 6.04 Å². The molecule has 3 heteroatoms. The zero-order valence-electron chi connectivity index (χ0n) is 9.20. The van der Waals surface area contributed by atoms with E-state index in [0.717, 1.165) is 11.3 Å². The predicted octanol–water partition coefficient (Wildman–Crippen LogP) is 1.74. The lowest BCUT2D eigenvalue weighted by atomic mass is 10.1. The number of phenols is 1. The molecular formula is C11H18N2O. The van der Waals surface area contributed by atoms with Gasteiger partial charge in [0, 0.05) is 37.5 Å². The van der Waals surface area contributed by atoms with Crippen molar-refractivity contribution < 1.29 is 5.11 Å². The quantitative estimate of drug-likeness (QED) is 0.769. The molecule has 3 nitrogen and oxygen atoms in total. The zero-order valence-corrected chi connectivity index (χ0v) is 9.20. The number of phenolic OH excluding ortho intramolecular Hbond substituents is 1. The van der Waals surface area contributed by atoms with Crippen molar-refractivity contribution in [3.63, 3.8) is 0 Å². The fraction of sp³-hybridized carbons (Fsp3) is 0.455. The fourth-order valence-electron chi connectivity index (χ4n) is 1.33. The van der Waals surface area contributed by atoms with Crippen molar-refractivity contribution >= 4 is 5.69 Å². The number of benzene rings is 1. The minimum atomic E-state index is 0.172. The average Bonchev–Trinajstić information content (AvgIpc) is 2.16. The highest BCUT2D eigenvalue weighted by Gasteiger charge is 2.08. The normalized spacial score (nSPS) is 12.6. The predicted molar refractivity (Wildman–Crippen MR) is 59.9 cm³/mol. The molecule has 1 aromatic rings. The summed E-state index contributed by atoms with van der Waals surface area (Å²) in [7, 11) is 5.79. The van der Waals surface area contributed by atoms with Gasteiger partial charge in [0.1, 0.15) is 5.75 Å². The molecule has 0 heterocycles. The van der Waals surface area contributed by atoms with Gasteiger partial charge in [0.15, 0.2) is 0 Å². The van der Waals surface area contributed by atoms with Crippen LogP contribution in [-0.2, 0) is 0 Å². The van der Waals surface area contributed by atoms with Crippen LogP contribution in [0.1, 0.15) is 18.5 Å². The van der Waals surface area contributed by atoms with Crippen molar-refractivity contribution in [3.8, 4) is 5.75 Å². The van der Waals surface area contributed by atoms with E-state index < -0.39 is 0 Å². The standard InChI is InChI=1S/C11H18N2O/c1-8(12-2)10-6-5-9(13(3)4)7-11(10)14/h5-8,12,14H,1-4H3. The average molecular weight is 194 g/mol. The van der Waals surface area contributed by atoms with Crippen molar-refractivity contribution in [1.29, 1.82) is 0 Å². The van der Waals surface area contributed by atoms with Gasteiger partial charge < -0.3 is 15.3 Å². The second kappa shape index (κ2) is 4.33. The molecule has 0 bridgehead atoms. The van der Waals surface area contributed by atoms with Gasteiger partial charge in [-0.05, 0) is 20.0 Å². The van der Waals surface area contributed by atoms with Gasteiger partial charge in [-0.3, -0.25) is 0 Å². The van der Waals surface area contributed by atoms with Crippen molar-refractivity contribution in [2.45, 2.75) is 13.0 Å². The van der Waals surface area contributed by atoms with E-state index in [4.69, 9.17) is 0 Å². The molecule has 0 fully saturated rings. The molecule has 0 spiro atoms. The van der Waals surface area contributed by atoms with Crippen LogP contribution < -0.4 is 10.2 Å². The van der Waals surface area contributed by atoms with Gasteiger partial charge >= 0.3 is 0 Å². The molecule has 0 radical (unpaired) electrons. The number of anilines is 1. The smallest absolute Gasteiger partial charge is 0.122 e. The zero-order chi connectivity index (χ0) is 10.7. The first-order chi connectivity index (χ1) is 6.56. The van der Waals surface area contributed by atoms with Gasteiger partial charge in [0.2, 0.25) is 0 Å². The number of aromatic hydroxyl groups is 1. The van der Waals surface area contributed by atoms with Crippen LogP contribution in [0.15, 0.2) is 18.2 Å². The van der Waals surface area contributed by atoms with Crippen LogP contribution in [0.5, 0.6) is 5.75 Å². The van der Waals surface area contributed by atoms with Crippen LogP contribution in [-0.4, -0.2) is 26.2 Å². The molecule has 0 aliphatic heterocycles. The first-order valence-electron chi connectivity index (χ1n) is 4.73. The van der Waals surface area contributed by atoms with Crippen LogP contribution >= 0.6 is 0 Å². The molecule has 0 amide bonds. The fourth-order valence-corrected chi connectivity index (χ4v) is 1.33. The lowest BCUT2D eigenvalue weighted by molar-refractivity contribution is 0.458. The lowest BCUT2D eigenvalue weighted by Crippen LogP contribution is -2.13. The van der Waals surface area contributed by atoms with E-state index in [9.17, 15) is 5.11 Å². The van der Waals surface area contributed by atoms with Gasteiger partial charge in [-0.2, -0.15) is 0 Å². The van der Waals surface area contributed by atoms with Crippen molar-refractivity contribution in [2.75, 3.05) is 26.0 Å². The van der Waals surface area contributed by atoms with E-state index in [1.165, 1.54) is 0 Å². The summed E-state index contributed by atoms with van der Waals surface area (Å²) in [5, 5.41) is 12.9. The minimum Gasteiger partial charge on any atom is -0.508 e. The van der Waals surface area contributed by atoms with Crippen LogP contribution in [0.25, 0.3) is 0 Å². The third-order valence-electron chi connectivity index (χ3n) is 2.43. The van der Waals surface area contributed by atoms with Crippen molar-refractivity contribution in [2.24, 2.45) is 0 Å². The Labute approximate surface area is 85.4 Å². The van der Waals surface area contributed by atoms with Gasteiger partial charge in [-0.15, -0.1) is 0 Å². The largest absolute Gasteiger partial charge is 0.508 e. The summed E-state index contributed by atoms with van der Waals surface area (Å²) in [4.78, 5) is 1.97. The first-order valence-corrected chi connectivity index (χ1v) is 4.73. The summed E-state index contributed by atoms with van der Waals surface area (Å²) in [5.74, 6) is 0.345. The summed E-state index contributed by atoms with van der Waals surface area (Å²) in [6.07, 6.45) is 0. The van der Waals surface area contributed by atoms with E-state index in [2.05, 4.69) is 5.32 Å². The highest BCUT2D eigenvalue weighted by atomic mass is 16.3. The van der Waals surface area contributed by atoms with Gasteiger partial charge in [0.25, 0.3) is 0 Å². The van der Waals surface area contributed by atoms with Gasteiger partial charge in [0.05, 0.1) is 0 Å². The van der Waals surface area contributed by atoms with Crippen molar-refractivity contribution in [1.82, 2.24) is 5.32 Å². The van der Waals surface area contributed by atoms with Gasteiger partial charge in [-0.1, -0.05) is 6.07 Å². The van der Waals surface area contributed by atoms with Crippen LogP contribution in [0.3, 0.4) is 0 Å². The maximum atomic E-state index is 9.78. The number of nitrogens with one attached hydrogen (secondary N) is 1. The second-order valence-electron chi connectivity index (χ2n) is 3.65. The second-order valence-corrected chi connectivity index (χ2v) is 3.65. The number of hydrogen-bond donors (Lipinski definition) is 2. The number of nitrogens with zero attached hydrogens (tertiary/aromatic N) is 1. The van der Waals surface area contributed by atoms with Crippen LogP contribution in [0.2, 0.25) is 0 Å². The van der Waals surface area contributed by atoms with Crippen LogP contribution in [0.4, 0.5) is 5.69 Å². The third kappa shape index (κ3) is 2.17. The minimum absolute atomic E-state index is 0.172. The molecule has 0 aromatic heterocycles. The highest BCUT2D eigenvalue weighted by Crippen LogP contribution is 2.27. The Bertz CT molecular complexity index is 310. The Kier molecular flexibility index (Phi) is 3.36. The molecule has 0 saturated carbocycles. The summed E-state index contributed by atoms with van der Waals surface area (Å²) in [6.45, 7) is 2.02. The van der Waals surface area contributed by atoms with Gasteiger partial charge in [-0.25, -0.2) is 0 Å². The molecule has 1 atom stereocenters. The summed E-state index contributed by atoms with van der Waals surface area (Å²) >= 11 is 0. The summed E-state index contributed by atoms with van der Waals surface area (Å²) in [6, 6.07) is 5.91. The Morgan fingerprint density at radius 3 is 2.43 bits per heavy atom. The topological polar surface area (TPSA) is 35.5 Å². The highest BCUT2D eigenvalue weighted by molar-refractivity contribution is 5.53. The molecule has 0 aliphatic carbocycles. The maximum absolute atomic E-state index is 9.78. The lowest BCUT2D eigenvalue weighted by Gasteiger charge is -2.17. The summed E-state index contributed by atoms with van der Waals surface area (Å²) in [5.41, 5.74) is 1.94. The molecule has 0 saturated heterocycles. The Balaban J connectivity index is 3.01. The maximum Gasteiger partial charge on any atom is 0.122 e. The van der Waals surface area contributed by atoms with E-state index in [0.29, 0.717) is 5.75 Å². The number of rotatable bonds is 3. The molecule has 1 aromatic carbocycles. The molecule has 1 rings (SSSR count). The third-order valence-corrected chi connectivity index (χ3v) is 2.43. The Hall–Kier alpha value is -1.22. The first kappa shape index (κ1) is 10.9. The van der Waals surface area contributed by atoms with E-state index in [1.54, 1.807) is 6.07 Å². The Morgan fingerprint density at radius 1 is 1.36 bits per heavy atom. The molecular weight excluding hydrogens is 176 g/mol.